The highest BCUT2D eigenvalue weighted by Crippen LogP contribution is 2.43. The Labute approximate surface area is 116 Å². The van der Waals surface area contributed by atoms with E-state index < -0.39 is 0 Å². The minimum Gasteiger partial charge on any atom is -0.508 e. The highest BCUT2D eigenvalue weighted by molar-refractivity contribution is 5.44. The second kappa shape index (κ2) is 4.82. The highest BCUT2D eigenvalue weighted by Gasteiger charge is 2.35. The van der Waals surface area contributed by atoms with Crippen molar-refractivity contribution in [1.29, 1.82) is 0 Å². The van der Waals surface area contributed by atoms with Gasteiger partial charge in [0.25, 0.3) is 0 Å². The maximum atomic E-state index is 9.95. The zero-order chi connectivity index (χ0) is 13.5. The van der Waals surface area contributed by atoms with Gasteiger partial charge in [0.05, 0.1) is 0 Å². The van der Waals surface area contributed by atoms with Crippen LogP contribution in [0.2, 0.25) is 0 Å². The van der Waals surface area contributed by atoms with E-state index in [4.69, 9.17) is 0 Å². The van der Waals surface area contributed by atoms with Gasteiger partial charge >= 0.3 is 0 Å². The van der Waals surface area contributed by atoms with Crippen LogP contribution in [0.4, 0.5) is 0 Å². The van der Waals surface area contributed by atoms with Crippen molar-refractivity contribution >= 4 is 0 Å². The molecule has 0 aromatic heterocycles. The fraction of sp³-hybridized carbons (Fsp3) is 0.647. The molecule has 0 amide bonds. The number of phenolic OH excluding ortho intramolecular Hbond substituents is 1. The van der Waals surface area contributed by atoms with Gasteiger partial charge in [0.1, 0.15) is 5.75 Å². The second-order valence-electron chi connectivity index (χ2n) is 6.60. The molecule has 1 N–H and O–H groups in total. The molecule has 1 fully saturated rings. The minimum atomic E-state index is 0.496. The SMILES string of the molecule is CCC1(C)CCN(C2CCc3c(O)cccc32)CC1. The predicted octanol–water partition coefficient (Wildman–Crippen LogP) is 3.89. The van der Waals surface area contributed by atoms with E-state index in [1.807, 2.05) is 12.1 Å². The number of fused-ring (bicyclic) bond motifs is 1. The van der Waals surface area contributed by atoms with E-state index in [0.717, 1.165) is 6.42 Å². The van der Waals surface area contributed by atoms with Crippen LogP contribution in [-0.4, -0.2) is 23.1 Å². The van der Waals surface area contributed by atoms with E-state index in [2.05, 4.69) is 24.8 Å². The third-order valence-electron chi connectivity index (χ3n) is 5.51. The number of hydrogen-bond acceptors (Lipinski definition) is 2. The maximum Gasteiger partial charge on any atom is 0.119 e. The van der Waals surface area contributed by atoms with E-state index in [0.29, 0.717) is 17.2 Å². The molecule has 1 atom stereocenters. The highest BCUT2D eigenvalue weighted by atomic mass is 16.3. The third kappa shape index (κ3) is 2.27. The number of likely N-dealkylation sites (tertiary alicyclic amines) is 1. The van der Waals surface area contributed by atoms with Crippen molar-refractivity contribution in [1.82, 2.24) is 4.90 Å². The quantitative estimate of drug-likeness (QED) is 0.871. The second-order valence-corrected chi connectivity index (χ2v) is 6.60. The van der Waals surface area contributed by atoms with Crippen LogP contribution in [0.15, 0.2) is 18.2 Å². The normalized spacial score (nSPS) is 26.3. The minimum absolute atomic E-state index is 0.496. The van der Waals surface area contributed by atoms with Crippen LogP contribution in [0.3, 0.4) is 0 Å². The third-order valence-corrected chi connectivity index (χ3v) is 5.51. The molecule has 1 aromatic carbocycles. The summed E-state index contributed by atoms with van der Waals surface area (Å²) in [5.41, 5.74) is 3.12. The number of phenols is 1. The molecule has 2 heteroatoms. The Kier molecular flexibility index (Phi) is 3.30. The van der Waals surface area contributed by atoms with Crippen molar-refractivity contribution in [2.45, 2.75) is 52.0 Å². The van der Waals surface area contributed by atoms with E-state index in [9.17, 15) is 5.11 Å². The lowest BCUT2D eigenvalue weighted by Gasteiger charge is -2.41. The summed E-state index contributed by atoms with van der Waals surface area (Å²) >= 11 is 0. The van der Waals surface area contributed by atoms with E-state index >= 15 is 0 Å². The molecule has 0 radical (unpaired) electrons. The summed E-state index contributed by atoms with van der Waals surface area (Å²) in [7, 11) is 0. The van der Waals surface area contributed by atoms with Crippen molar-refractivity contribution in [3.05, 3.63) is 29.3 Å². The van der Waals surface area contributed by atoms with Gasteiger partial charge < -0.3 is 5.11 Å². The van der Waals surface area contributed by atoms with Gasteiger partial charge in [0.15, 0.2) is 0 Å². The first-order valence-electron chi connectivity index (χ1n) is 7.68. The summed E-state index contributed by atoms with van der Waals surface area (Å²) in [5.74, 6) is 0.496. The summed E-state index contributed by atoms with van der Waals surface area (Å²) in [6, 6.07) is 6.57. The van der Waals surface area contributed by atoms with Crippen LogP contribution in [0.25, 0.3) is 0 Å². The average Bonchev–Trinajstić information content (AvgIpc) is 2.85. The summed E-state index contributed by atoms with van der Waals surface area (Å²) in [6.45, 7) is 7.17. The lowest BCUT2D eigenvalue weighted by Crippen LogP contribution is -2.40. The van der Waals surface area contributed by atoms with E-state index in [-0.39, 0.29) is 0 Å². The van der Waals surface area contributed by atoms with Gasteiger partial charge in [-0.05, 0) is 61.4 Å². The smallest absolute Gasteiger partial charge is 0.119 e. The lowest BCUT2D eigenvalue weighted by atomic mass is 9.78. The Morgan fingerprint density at radius 1 is 1.32 bits per heavy atom. The van der Waals surface area contributed by atoms with Crippen molar-refractivity contribution in [2.24, 2.45) is 5.41 Å². The Balaban J connectivity index is 1.75. The fourth-order valence-corrected chi connectivity index (χ4v) is 3.72. The number of benzene rings is 1. The van der Waals surface area contributed by atoms with Gasteiger partial charge in [-0.1, -0.05) is 32.4 Å². The van der Waals surface area contributed by atoms with Gasteiger partial charge in [-0.2, -0.15) is 0 Å². The van der Waals surface area contributed by atoms with E-state index in [1.165, 1.54) is 49.9 Å². The molecule has 0 spiro atoms. The van der Waals surface area contributed by atoms with Crippen molar-refractivity contribution in [2.75, 3.05) is 13.1 Å². The lowest BCUT2D eigenvalue weighted by molar-refractivity contribution is 0.0806. The molecule has 2 aliphatic rings. The molecule has 1 heterocycles. The van der Waals surface area contributed by atoms with Gasteiger partial charge in [-0.3, -0.25) is 4.90 Å². The average molecular weight is 259 g/mol. The van der Waals surface area contributed by atoms with Crippen molar-refractivity contribution < 1.29 is 5.11 Å². The van der Waals surface area contributed by atoms with Crippen LogP contribution in [0.1, 0.15) is 56.7 Å². The number of rotatable bonds is 2. The standard InChI is InChI=1S/C17H25NO/c1-3-17(2)9-11-18(12-10-17)15-8-7-14-13(15)5-4-6-16(14)19/h4-6,15,19H,3,7-12H2,1-2H3. The molecule has 1 aliphatic carbocycles. The Morgan fingerprint density at radius 3 is 2.74 bits per heavy atom. The van der Waals surface area contributed by atoms with Crippen LogP contribution < -0.4 is 0 Å². The predicted molar refractivity (Wildman–Crippen MR) is 78.4 cm³/mol. The molecule has 1 aromatic rings. The summed E-state index contributed by atoms with van der Waals surface area (Å²) in [6.07, 6.45) is 6.13. The number of hydrogen-bond donors (Lipinski definition) is 1. The van der Waals surface area contributed by atoms with Gasteiger partial charge in [0, 0.05) is 6.04 Å². The van der Waals surface area contributed by atoms with Gasteiger partial charge in [-0.15, -0.1) is 0 Å². The molecule has 1 unspecified atom stereocenters. The van der Waals surface area contributed by atoms with Gasteiger partial charge in [-0.25, -0.2) is 0 Å². The molecule has 3 rings (SSSR count). The van der Waals surface area contributed by atoms with Crippen LogP contribution in [0, 0.1) is 5.41 Å². The Morgan fingerprint density at radius 2 is 2.05 bits per heavy atom. The summed E-state index contributed by atoms with van der Waals surface area (Å²) in [5, 5.41) is 9.95. The summed E-state index contributed by atoms with van der Waals surface area (Å²) < 4.78 is 0. The first-order valence-corrected chi connectivity index (χ1v) is 7.68. The van der Waals surface area contributed by atoms with Crippen molar-refractivity contribution in [3.63, 3.8) is 0 Å². The molecule has 0 saturated carbocycles. The molecule has 1 aliphatic heterocycles. The molecular formula is C17H25NO. The first kappa shape index (κ1) is 13.0. The molecule has 104 valence electrons. The topological polar surface area (TPSA) is 23.5 Å². The summed E-state index contributed by atoms with van der Waals surface area (Å²) in [4.78, 5) is 2.64. The van der Waals surface area contributed by atoms with E-state index in [1.54, 1.807) is 0 Å². The van der Waals surface area contributed by atoms with Crippen LogP contribution in [-0.2, 0) is 6.42 Å². The zero-order valence-corrected chi connectivity index (χ0v) is 12.2. The largest absolute Gasteiger partial charge is 0.508 e. The first-order chi connectivity index (χ1) is 9.13. The monoisotopic (exact) mass is 259 g/mol. The maximum absolute atomic E-state index is 9.95. The molecule has 2 nitrogen and oxygen atoms in total. The van der Waals surface area contributed by atoms with Gasteiger partial charge in [0.2, 0.25) is 0 Å². The fourth-order valence-electron chi connectivity index (χ4n) is 3.72. The van der Waals surface area contributed by atoms with Crippen LogP contribution >= 0.6 is 0 Å². The number of aromatic hydroxyl groups is 1. The molecular weight excluding hydrogens is 234 g/mol. The number of piperidine rings is 1. The number of nitrogens with zero attached hydrogens (tertiary/aromatic N) is 1. The van der Waals surface area contributed by atoms with Crippen LogP contribution in [0.5, 0.6) is 5.75 Å². The Hall–Kier alpha value is -1.02. The molecule has 19 heavy (non-hydrogen) atoms. The van der Waals surface area contributed by atoms with Crippen molar-refractivity contribution in [3.8, 4) is 5.75 Å². The Bertz CT molecular complexity index is 460. The zero-order valence-electron chi connectivity index (χ0n) is 12.2. The molecule has 1 saturated heterocycles. The molecule has 0 bridgehead atoms.